The summed E-state index contributed by atoms with van der Waals surface area (Å²) in [6.07, 6.45) is 0. The van der Waals surface area contributed by atoms with Gasteiger partial charge < -0.3 is 14.8 Å². The summed E-state index contributed by atoms with van der Waals surface area (Å²) in [6.45, 7) is 3.45. The van der Waals surface area contributed by atoms with Crippen molar-refractivity contribution in [1.29, 1.82) is 0 Å². The number of esters is 2. The van der Waals surface area contributed by atoms with Crippen molar-refractivity contribution in [1.82, 2.24) is 0 Å². The van der Waals surface area contributed by atoms with Gasteiger partial charge >= 0.3 is 11.9 Å². The third-order valence-corrected chi connectivity index (χ3v) is 6.63. The number of anilines is 2. The van der Waals surface area contributed by atoms with Crippen molar-refractivity contribution in [3.05, 3.63) is 88.5 Å². The summed E-state index contributed by atoms with van der Waals surface area (Å²) in [7, 11) is -1.62. The van der Waals surface area contributed by atoms with Crippen molar-refractivity contribution >= 4 is 39.2 Å². The standard InChI is InChI=1S/C25H24N2O7S/c1-15-6-5-7-19(12-15)27-35(31,32)22-14-17(9-8-16(22)2)23(28)26-21-13-18(24(29)33-3)10-11-20(21)25(30)34-4/h5-14,27H,1-4H3,(H,26,28). The van der Waals surface area contributed by atoms with Gasteiger partial charge in [-0.1, -0.05) is 18.2 Å². The number of carbonyl (C=O) groups excluding carboxylic acids is 3. The summed E-state index contributed by atoms with van der Waals surface area (Å²) in [4.78, 5) is 37.0. The number of amides is 1. The monoisotopic (exact) mass is 496 g/mol. The topological polar surface area (TPSA) is 128 Å². The van der Waals surface area contributed by atoms with Gasteiger partial charge in [-0.2, -0.15) is 0 Å². The zero-order valence-electron chi connectivity index (χ0n) is 19.5. The van der Waals surface area contributed by atoms with E-state index in [9.17, 15) is 22.8 Å². The van der Waals surface area contributed by atoms with Crippen molar-refractivity contribution in [2.75, 3.05) is 24.3 Å². The SMILES string of the molecule is COC(=O)c1ccc(C(=O)OC)c(NC(=O)c2ccc(C)c(S(=O)(=O)Nc3cccc(C)c3)c2)c1. The number of hydrogen-bond donors (Lipinski definition) is 2. The highest BCUT2D eigenvalue weighted by Gasteiger charge is 2.22. The van der Waals surface area contributed by atoms with Crippen LogP contribution < -0.4 is 10.0 Å². The summed E-state index contributed by atoms with van der Waals surface area (Å²) >= 11 is 0. The first-order chi connectivity index (χ1) is 16.6. The molecule has 3 rings (SSSR count). The molecule has 0 radical (unpaired) electrons. The average molecular weight is 497 g/mol. The summed E-state index contributed by atoms with van der Waals surface area (Å²) < 4.78 is 38.0. The molecule has 182 valence electrons. The largest absolute Gasteiger partial charge is 0.465 e. The van der Waals surface area contributed by atoms with Crippen LogP contribution in [0.4, 0.5) is 11.4 Å². The highest BCUT2D eigenvalue weighted by Crippen LogP contribution is 2.24. The molecule has 9 nitrogen and oxygen atoms in total. The van der Waals surface area contributed by atoms with Crippen LogP contribution in [-0.4, -0.2) is 40.5 Å². The third kappa shape index (κ3) is 5.85. The van der Waals surface area contributed by atoms with Gasteiger partial charge in [0.2, 0.25) is 0 Å². The van der Waals surface area contributed by atoms with Crippen LogP contribution in [0.15, 0.2) is 65.6 Å². The Bertz CT molecular complexity index is 1420. The Labute approximate surface area is 203 Å². The molecule has 0 saturated carbocycles. The lowest BCUT2D eigenvalue weighted by Crippen LogP contribution is -2.19. The van der Waals surface area contributed by atoms with Crippen LogP contribution >= 0.6 is 0 Å². The van der Waals surface area contributed by atoms with Gasteiger partial charge in [0.05, 0.1) is 35.9 Å². The number of nitrogens with one attached hydrogen (secondary N) is 2. The fraction of sp³-hybridized carbons (Fsp3) is 0.160. The van der Waals surface area contributed by atoms with Gasteiger partial charge in [0.15, 0.2) is 0 Å². The fourth-order valence-corrected chi connectivity index (χ4v) is 4.65. The van der Waals surface area contributed by atoms with E-state index in [0.717, 1.165) is 5.56 Å². The number of methoxy groups -OCH3 is 2. The maximum atomic E-state index is 13.0. The second-order valence-electron chi connectivity index (χ2n) is 7.65. The van der Waals surface area contributed by atoms with Crippen molar-refractivity contribution in [3.63, 3.8) is 0 Å². The highest BCUT2D eigenvalue weighted by atomic mass is 32.2. The Hall–Kier alpha value is -4.18. The van der Waals surface area contributed by atoms with Crippen LogP contribution in [0.2, 0.25) is 0 Å². The lowest BCUT2D eigenvalue weighted by atomic mass is 10.1. The summed E-state index contributed by atoms with van der Waals surface area (Å²) in [5, 5.41) is 2.55. The van der Waals surface area contributed by atoms with Gasteiger partial charge in [0.25, 0.3) is 15.9 Å². The number of carbonyl (C=O) groups is 3. The molecule has 1 amide bonds. The van der Waals surface area contributed by atoms with Gasteiger partial charge in [-0.15, -0.1) is 0 Å². The van der Waals surface area contributed by atoms with Crippen molar-refractivity contribution in [3.8, 4) is 0 Å². The van der Waals surface area contributed by atoms with Crippen LogP contribution in [0.1, 0.15) is 42.2 Å². The van der Waals surface area contributed by atoms with Crippen molar-refractivity contribution in [2.45, 2.75) is 18.7 Å². The molecule has 0 bridgehead atoms. The number of ether oxygens (including phenoxy) is 2. The number of rotatable bonds is 7. The second-order valence-corrected chi connectivity index (χ2v) is 9.30. The minimum Gasteiger partial charge on any atom is -0.465 e. The molecule has 0 fully saturated rings. The summed E-state index contributed by atoms with van der Waals surface area (Å²) in [6, 6.07) is 15.0. The average Bonchev–Trinajstić information content (AvgIpc) is 2.82. The zero-order chi connectivity index (χ0) is 25.8. The Morgan fingerprint density at radius 3 is 2.14 bits per heavy atom. The quantitative estimate of drug-likeness (QED) is 0.474. The van der Waals surface area contributed by atoms with Crippen LogP contribution in [0.3, 0.4) is 0 Å². The first kappa shape index (κ1) is 25.4. The van der Waals surface area contributed by atoms with E-state index in [1.165, 1.54) is 50.6 Å². The Morgan fingerprint density at radius 1 is 0.800 bits per heavy atom. The van der Waals surface area contributed by atoms with E-state index in [2.05, 4.69) is 14.8 Å². The zero-order valence-corrected chi connectivity index (χ0v) is 20.4. The minimum absolute atomic E-state index is 0.00705. The highest BCUT2D eigenvalue weighted by molar-refractivity contribution is 7.92. The Morgan fingerprint density at radius 2 is 1.49 bits per heavy atom. The van der Waals surface area contributed by atoms with Crippen molar-refractivity contribution in [2.24, 2.45) is 0 Å². The molecule has 0 unspecified atom stereocenters. The molecule has 0 aliphatic carbocycles. The normalized spacial score (nSPS) is 10.9. The summed E-state index contributed by atoms with van der Waals surface area (Å²) in [5.41, 5.74) is 1.85. The van der Waals surface area contributed by atoms with E-state index in [1.54, 1.807) is 25.1 Å². The van der Waals surface area contributed by atoms with Crippen molar-refractivity contribution < 1.29 is 32.3 Å². The molecule has 2 N–H and O–H groups in total. The molecule has 0 aromatic heterocycles. The Balaban J connectivity index is 1.96. The van der Waals surface area contributed by atoms with Crippen LogP contribution in [-0.2, 0) is 19.5 Å². The van der Waals surface area contributed by atoms with Gasteiger partial charge in [-0.3, -0.25) is 9.52 Å². The number of benzene rings is 3. The first-order valence-corrected chi connectivity index (χ1v) is 11.9. The van der Waals surface area contributed by atoms with E-state index in [1.807, 2.05) is 13.0 Å². The molecule has 0 atom stereocenters. The first-order valence-electron chi connectivity index (χ1n) is 10.4. The molecule has 0 spiro atoms. The molecule has 10 heteroatoms. The predicted octanol–water partition coefficient (Wildman–Crippen LogP) is 3.93. The molecule has 0 heterocycles. The maximum Gasteiger partial charge on any atom is 0.339 e. The van der Waals surface area contributed by atoms with Gasteiger partial charge in [0.1, 0.15) is 0 Å². The molecule has 0 saturated heterocycles. The lowest BCUT2D eigenvalue weighted by Gasteiger charge is -2.14. The minimum atomic E-state index is -4.00. The smallest absolute Gasteiger partial charge is 0.339 e. The molecular formula is C25H24N2O7S. The van der Waals surface area contributed by atoms with Gasteiger partial charge in [0, 0.05) is 11.3 Å². The fourth-order valence-electron chi connectivity index (χ4n) is 3.32. The second kappa shape index (κ2) is 10.4. The van der Waals surface area contributed by atoms with E-state index in [4.69, 9.17) is 4.74 Å². The van der Waals surface area contributed by atoms with Gasteiger partial charge in [-0.25, -0.2) is 18.0 Å². The number of hydrogen-bond acceptors (Lipinski definition) is 7. The predicted molar refractivity (Wildman–Crippen MR) is 130 cm³/mol. The molecule has 3 aromatic carbocycles. The van der Waals surface area contributed by atoms with E-state index in [0.29, 0.717) is 11.3 Å². The van der Waals surface area contributed by atoms with Crippen LogP contribution in [0.5, 0.6) is 0 Å². The van der Waals surface area contributed by atoms with Crippen LogP contribution in [0, 0.1) is 13.8 Å². The number of aryl methyl sites for hydroxylation is 2. The number of sulfonamides is 1. The molecular weight excluding hydrogens is 472 g/mol. The van der Waals surface area contributed by atoms with E-state index >= 15 is 0 Å². The molecule has 0 aliphatic rings. The maximum absolute atomic E-state index is 13.0. The van der Waals surface area contributed by atoms with E-state index < -0.39 is 27.9 Å². The lowest BCUT2D eigenvalue weighted by molar-refractivity contribution is 0.0587. The molecule has 0 aliphatic heterocycles. The summed E-state index contributed by atoms with van der Waals surface area (Å²) in [5.74, 6) is -2.08. The van der Waals surface area contributed by atoms with Crippen LogP contribution in [0.25, 0.3) is 0 Å². The molecule has 35 heavy (non-hydrogen) atoms. The van der Waals surface area contributed by atoms with Gasteiger partial charge in [-0.05, 0) is 67.4 Å². The third-order valence-electron chi connectivity index (χ3n) is 5.10. The Kier molecular flexibility index (Phi) is 7.55. The van der Waals surface area contributed by atoms with E-state index in [-0.39, 0.29) is 27.3 Å². The molecule has 3 aromatic rings.